The zero-order chi connectivity index (χ0) is 39.7. The number of alkyl carbamates (subject to hydrolysis) is 1. The number of likely N-dealkylation sites (tertiary alicyclic amines) is 1. The Morgan fingerprint density at radius 2 is 1.59 bits per heavy atom. The van der Waals surface area contributed by atoms with Crippen molar-refractivity contribution in [3.8, 4) is 33.6 Å². The van der Waals surface area contributed by atoms with Crippen LogP contribution in [0.3, 0.4) is 0 Å². The summed E-state index contributed by atoms with van der Waals surface area (Å²) in [7, 11) is 1.30. The molecule has 14 nitrogen and oxygen atoms in total. The number of imidazole rings is 2. The standard InChI is InChI=1S/C42H52N8O6/c1-22(2)34(48-41(53)54)39(51)46-30-9-6-8-29(30)37-43-21-32(45-37)25-13-11-24(12-14-25)26-15-17-28-27(20-26)16-18-31-36(28)47-38(44-31)33-10-7-19-50(33)40(52)35(23(3)4)49-42(55)56-5/h11-15,17,20-23,29-30,33-35,48H,6-10,16,18-19H2,1-5H3,(H,43,45)(H,44,47)(H,46,51)(H,49,55)(H,53,54)/t29-,30+,33-,34-,35-/m0/s1. The monoisotopic (exact) mass is 764 g/mol. The maximum absolute atomic E-state index is 13.7. The fraction of sp³-hybridized carbons (Fsp3) is 0.476. The third-order valence-corrected chi connectivity index (χ3v) is 11.6. The molecule has 2 aromatic heterocycles. The number of aromatic nitrogens is 4. The summed E-state index contributed by atoms with van der Waals surface area (Å²) in [6.45, 7) is 8.08. The number of rotatable bonds is 11. The number of nitrogens with zero attached hydrogens (tertiary/aromatic N) is 3. The molecule has 0 radical (unpaired) electrons. The summed E-state index contributed by atoms with van der Waals surface area (Å²) in [6.07, 6.45) is 5.98. The summed E-state index contributed by atoms with van der Waals surface area (Å²) < 4.78 is 4.78. The molecule has 1 saturated carbocycles. The second kappa shape index (κ2) is 16.2. The molecule has 3 heterocycles. The highest BCUT2D eigenvalue weighted by molar-refractivity contribution is 5.87. The van der Waals surface area contributed by atoms with Gasteiger partial charge in [0.15, 0.2) is 0 Å². The van der Waals surface area contributed by atoms with Crippen molar-refractivity contribution in [1.29, 1.82) is 0 Å². The molecule has 296 valence electrons. The molecule has 3 aliphatic rings. The van der Waals surface area contributed by atoms with Crippen LogP contribution in [0.1, 0.15) is 94.7 Å². The Balaban J connectivity index is 1.03. The Hall–Kier alpha value is -5.66. The Morgan fingerprint density at radius 3 is 2.30 bits per heavy atom. The average Bonchev–Trinajstić information content (AvgIpc) is 4.01. The van der Waals surface area contributed by atoms with Crippen LogP contribution in [0.5, 0.6) is 0 Å². The molecule has 4 amide bonds. The van der Waals surface area contributed by atoms with Gasteiger partial charge in [-0.25, -0.2) is 19.6 Å². The van der Waals surface area contributed by atoms with Gasteiger partial charge < -0.3 is 40.7 Å². The minimum absolute atomic E-state index is 0.0124. The zero-order valence-electron chi connectivity index (χ0n) is 32.6. The van der Waals surface area contributed by atoms with E-state index in [9.17, 15) is 24.3 Å². The second-order valence-corrected chi connectivity index (χ2v) is 16.0. The number of aryl methyl sites for hydroxylation is 2. The fourth-order valence-corrected chi connectivity index (χ4v) is 8.57. The van der Waals surface area contributed by atoms with E-state index in [0.29, 0.717) is 6.54 Å². The number of amides is 4. The minimum atomic E-state index is -1.21. The molecule has 2 fully saturated rings. The summed E-state index contributed by atoms with van der Waals surface area (Å²) in [5, 5.41) is 17.4. The fourth-order valence-electron chi connectivity index (χ4n) is 8.57. The number of fused-ring (bicyclic) bond motifs is 3. The van der Waals surface area contributed by atoms with Gasteiger partial charge in [-0.15, -0.1) is 0 Å². The molecule has 0 unspecified atom stereocenters. The molecule has 2 aromatic carbocycles. The van der Waals surface area contributed by atoms with Crippen molar-refractivity contribution >= 4 is 24.0 Å². The number of aromatic amines is 2. The Kier molecular flexibility index (Phi) is 11.2. The van der Waals surface area contributed by atoms with E-state index in [1.165, 1.54) is 12.7 Å². The van der Waals surface area contributed by atoms with Crippen molar-refractivity contribution in [2.24, 2.45) is 11.8 Å². The van der Waals surface area contributed by atoms with E-state index in [0.717, 1.165) is 95.9 Å². The number of hydrogen-bond donors (Lipinski definition) is 6. The molecule has 1 saturated heterocycles. The number of carbonyl (C=O) groups excluding carboxylic acids is 3. The highest BCUT2D eigenvalue weighted by Crippen LogP contribution is 2.39. The number of benzene rings is 2. The van der Waals surface area contributed by atoms with E-state index in [2.05, 4.69) is 68.4 Å². The van der Waals surface area contributed by atoms with Crippen molar-refractivity contribution in [2.45, 2.75) is 103 Å². The molecular formula is C42H52N8O6. The van der Waals surface area contributed by atoms with Crippen LogP contribution in [0.25, 0.3) is 33.6 Å². The molecular weight excluding hydrogens is 713 g/mol. The number of carboxylic acid groups (broad SMARTS) is 1. The largest absolute Gasteiger partial charge is 0.465 e. The highest BCUT2D eigenvalue weighted by atomic mass is 16.5. The van der Waals surface area contributed by atoms with Crippen LogP contribution in [0.4, 0.5) is 9.59 Å². The number of nitrogens with one attached hydrogen (secondary N) is 5. The third kappa shape index (κ3) is 7.87. The maximum atomic E-state index is 13.7. The van der Waals surface area contributed by atoms with Crippen LogP contribution in [0, 0.1) is 11.8 Å². The van der Waals surface area contributed by atoms with E-state index in [4.69, 9.17) is 14.7 Å². The smallest absolute Gasteiger partial charge is 0.407 e. The first-order valence-corrected chi connectivity index (χ1v) is 19.7. The number of ether oxygens (including phenoxy) is 1. The van der Waals surface area contributed by atoms with Gasteiger partial charge in [-0.05, 0) is 72.6 Å². The van der Waals surface area contributed by atoms with Gasteiger partial charge in [-0.1, -0.05) is 76.6 Å². The topological polar surface area (TPSA) is 194 Å². The summed E-state index contributed by atoms with van der Waals surface area (Å²) >= 11 is 0. The molecule has 56 heavy (non-hydrogen) atoms. The summed E-state index contributed by atoms with van der Waals surface area (Å²) in [5.74, 6) is 0.904. The Labute approximate surface area is 326 Å². The van der Waals surface area contributed by atoms with E-state index >= 15 is 0 Å². The third-order valence-electron chi connectivity index (χ3n) is 11.6. The summed E-state index contributed by atoms with van der Waals surface area (Å²) in [4.78, 5) is 68.7. The predicted molar refractivity (Wildman–Crippen MR) is 211 cm³/mol. The lowest BCUT2D eigenvalue weighted by Gasteiger charge is -2.30. The first-order chi connectivity index (χ1) is 26.9. The summed E-state index contributed by atoms with van der Waals surface area (Å²) in [5.41, 5.74) is 8.46. The Bertz CT molecular complexity index is 2090. The molecule has 2 aliphatic carbocycles. The van der Waals surface area contributed by atoms with Crippen LogP contribution in [0.2, 0.25) is 0 Å². The quantitative estimate of drug-likeness (QED) is 0.102. The maximum Gasteiger partial charge on any atom is 0.407 e. The highest BCUT2D eigenvalue weighted by Gasteiger charge is 2.39. The SMILES string of the molecule is COC(=O)N[C@H](C(=O)N1CCC[C@H]1c1nc2c([nH]1)CCc1cc(-c3ccc(-c4cnc([C@H]5CCC[C@H]5NC(=O)[C@@H](NC(=O)O)C(C)C)[nH]4)cc3)ccc1-2)C(C)C. The van der Waals surface area contributed by atoms with Gasteiger partial charge in [0.05, 0.1) is 30.7 Å². The minimum Gasteiger partial charge on any atom is -0.465 e. The lowest BCUT2D eigenvalue weighted by atomic mass is 9.89. The number of hydrogen-bond acceptors (Lipinski definition) is 7. The van der Waals surface area contributed by atoms with Crippen molar-refractivity contribution in [3.63, 3.8) is 0 Å². The van der Waals surface area contributed by atoms with Crippen molar-refractivity contribution in [1.82, 2.24) is 40.8 Å². The van der Waals surface area contributed by atoms with Gasteiger partial charge in [0.1, 0.15) is 23.7 Å². The number of H-pyrrole nitrogens is 2. The van der Waals surface area contributed by atoms with Gasteiger partial charge in [-0.2, -0.15) is 0 Å². The molecule has 7 rings (SSSR count). The number of carbonyl (C=O) groups is 4. The van der Waals surface area contributed by atoms with E-state index < -0.39 is 24.3 Å². The lowest BCUT2D eigenvalue weighted by Crippen LogP contribution is -2.52. The molecule has 1 aliphatic heterocycles. The van der Waals surface area contributed by atoms with Crippen LogP contribution >= 0.6 is 0 Å². The Morgan fingerprint density at radius 1 is 0.857 bits per heavy atom. The van der Waals surface area contributed by atoms with E-state index in [1.54, 1.807) is 0 Å². The first-order valence-electron chi connectivity index (χ1n) is 19.7. The molecule has 0 bridgehead atoms. The second-order valence-electron chi connectivity index (χ2n) is 16.0. The molecule has 5 atom stereocenters. The van der Waals surface area contributed by atoms with Gasteiger partial charge >= 0.3 is 12.2 Å². The van der Waals surface area contributed by atoms with E-state index in [1.807, 2.05) is 38.8 Å². The van der Waals surface area contributed by atoms with E-state index in [-0.39, 0.29) is 41.7 Å². The van der Waals surface area contributed by atoms with Gasteiger partial charge in [-0.3, -0.25) is 9.59 Å². The van der Waals surface area contributed by atoms with Crippen LogP contribution in [-0.2, 0) is 27.2 Å². The first kappa shape index (κ1) is 38.6. The predicted octanol–water partition coefficient (Wildman–Crippen LogP) is 6.32. The van der Waals surface area contributed by atoms with Crippen molar-refractivity contribution in [2.75, 3.05) is 13.7 Å². The van der Waals surface area contributed by atoms with Gasteiger partial charge in [0, 0.05) is 29.8 Å². The zero-order valence-corrected chi connectivity index (χ0v) is 32.6. The lowest BCUT2D eigenvalue weighted by molar-refractivity contribution is -0.135. The van der Waals surface area contributed by atoms with Crippen LogP contribution < -0.4 is 16.0 Å². The van der Waals surface area contributed by atoms with Crippen molar-refractivity contribution in [3.05, 3.63) is 71.6 Å². The molecule has 14 heteroatoms. The van der Waals surface area contributed by atoms with Gasteiger partial charge in [0.2, 0.25) is 11.8 Å². The van der Waals surface area contributed by atoms with Crippen LogP contribution in [0.15, 0.2) is 48.7 Å². The average molecular weight is 765 g/mol. The summed E-state index contributed by atoms with van der Waals surface area (Å²) in [6, 6.07) is 13.1. The van der Waals surface area contributed by atoms with Gasteiger partial charge in [0.25, 0.3) is 0 Å². The van der Waals surface area contributed by atoms with Crippen LogP contribution in [-0.4, -0.2) is 85.7 Å². The van der Waals surface area contributed by atoms with Crippen molar-refractivity contribution < 1.29 is 29.0 Å². The normalized spacial score (nSPS) is 20.0. The number of methoxy groups -OCH3 is 1. The molecule has 6 N–H and O–H groups in total. The molecule has 4 aromatic rings. The molecule has 0 spiro atoms.